The van der Waals surface area contributed by atoms with E-state index in [0.717, 1.165) is 0 Å². The molecule has 4 rings (SSSR count). The van der Waals surface area contributed by atoms with Crippen LogP contribution in [0.5, 0.6) is 0 Å². The second-order valence-corrected chi connectivity index (χ2v) is 19.8. The quantitative estimate of drug-likeness (QED) is 0.169. The zero-order valence-corrected chi connectivity index (χ0v) is 28.9. The third kappa shape index (κ3) is 17.3. The van der Waals surface area contributed by atoms with E-state index >= 15 is 0 Å². The minimum absolute atomic E-state index is 0. The number of rotatable bonds is 4. The molecule has 0 radical (unpaired) electrons. The van der Waals surface area contributed by atoms with Crippen LogP contribution in [0.15, 0.2) is 121 Å². The van der Waals surface area contributed by atoms with Gasteiger partial charge < -0.3 is 0 Å². The summed E-state index contributed by atoms with van der Waals surface area (Å²) in [6.07, 6.45) is 0. The number of benzene rings is 4. The molecule has 4 aromatic rings. The van der Waals surface area contributed by atoms with Crippen molar-refractivity contribution in [2.75, 3.05) is 53.3 Å². The first kappa shape index (κ1) is 36.1. The topological polar surface area (TPSA) is 0 Å². The van der Waals surface area contributed by atoms with Crippen LogP contribution < -0.4 is 21.2 Å². The maximum Gasteiger partial charge on any atom is 0.0908 e. The van der Waals surface area contributed by atoms with Gasteiger partial charge in [-0.05, 0) is 48.5 Å². The summed E-state index contributed by atoms with van der Waals surface area (Å²) in [6, 6.07) is 42.7. The molecule has 0 spiro atoms. The van der Waals surface area contributed by atoms with Gasteiger partial charge in [-0.3, -0.25) is 0 Å². The van der Waals surface area contributed by atoms with Gasteiger partial charge in [-0.2, -0.15) is 0 Å². The predicted molar refractivity (Wildman–Crippen MR) is 185 cm³/mol. The standard InChI is InChI=1S/4C8H11P.Ni/c4*1-9(2)8-6-4-3-5-7-8;/h4*3-7H,1-2H3;/p+4. The molecule has 5 heteroatoms. The first-order chi connectivity index (χ1) is 17.2. The van der Waals surface area contributed by atoms with Gasteiger partial charge in [0.2, 0.25) is 0 Å². The number of hydrogen-bond acceptors (Lipinski definition) is 0. The van der Waals surface area contributed by atoms with Crippen LogP contribution in [0.25, 0.3) is 0 Å². The van der Waals surface area contributed by atoms with Crippen LogP contribution in [-0.4, -0.2) is 53.3 Å². The molecule has 37 heavy (non-hydrogen) atoms. The van der Waals surface area contributed by atoms with Gasteiger partial charge in [0, 0.05) is 48.2 Å². The Morgan fingerprint density at radius 3 is 0.486 bits per heavy atom. The molecule has 0 aliphatic rings. The van der Waals surface area contributed by atoms with Gasteiger partial charge in [0.25, 0.3) is 0 Å². The number of hydrogen-bond donors (Lipinski definition) is 0. The van der Waals surface area contributed by atoms with E-state index in [1.165, 1.54) is 21.2 Å². The van der Waals surface area contributed by atoms with Gasteiger partial charge in [0.1, 0.15) is 0 Å². The first-order valence-electron chi connectivity index (χ1n) is 12.6. The van der Waals surface area contributed by atoms with Crippen molar-refractivity contribution in [1.82, 2.24) is 0 Å². The Balaban J connectivity index is 0.000000463. The van der Waals surface area contributed by atoms with Crippen molar-refractivity contribution in [3.05, 3.63) is 121 Å². The van der Waals surface area contributed by atoms with Crippen LogP contribution >= 0.6 is 31.7 Å². The SMILES string of the molecule is C[PH+](C)c1ccccc1.C[PH+](C)c1ccccc1.C[PH+](C)c1ccccc1.C[PH+](C)c1ccccc1.[Ni]. The van der Waals surface area contributed by atoms with Crippen LogP contribution in [0.3, 0.4) is 0 Å². The van der Waals surface area contributed by atoms with Crippen molar-refractivity contribution in [3.8, 4) is 0 Å². The summed E-state index contributed by atoms with van der Waals surface area (Å²) < 4.78 is 0. The molecule has 0 nitrogen and oxygen atoms in total. The summed E-state index contributed by atoms with van der Waals surface area (Å²) in [6.45, 7) is 18.4. The smallest absolute Gasteiger partial charge is 0.0620 e. The Labute approximate surface area is 243 Å². The van der Waals surface area contributed by atoms with Crippen molar-refractivity contribution >= 4 is 52.9 Å². The van der Waals surface area contributed by atoms with E-state index in [2.05, 4.69) is 175 Å². The van der Waals surface area contributed by atoms with Gasteiger partial charge in [0.15, 0.2) is 0 Å². The van der Waals surface area contributed by atoms with Gasteiger partial charge in [-0.1, -0.05) is 72.8 Å². The summed E-state index contributed by atoms with van der Waals surface area (Å²) in [5.41, 5.74) is 0. The zero-order chi connectivity index (χ0) is 26.8. The van der Waals surface area contributed by atoms with Crippen LogP contribution in [0.2, 0.25) is 0 Å². The molecule has 0 amide bonds. The molecule has 0 heterocycles. The third-order valence-corrected chi connectivity index (χ3v) is 11.4. The Morgan fingerprint density at radius 2 is 0.405 bits per heavy atom. The Bertz CT molecular complexity index is 849. The van der Waals surface area contributed by atoms with Gasteiger partial charge in [0.05, 0.1) is 74.5 Å². The Kier molecular flexibility index (Phi) is 21.4. The normalized spacial score (nSPS) is 9.84. The molecular weight excluding hydrogens is 567 g/mol. The monoisotopic (exact) mass is 614 g/mol. The van der Waals surface area contributed by atoms with Gasteiger partial charge in [-0.15, -0.1) is 0 Å². The Morgan fingerprint density at radius 1 is 0.270 bits per heavy atom. The summed E-state index contributed by atoms with van der Waals surface area (Å²) in [5, 5.41) is 6.06. The van der Waals surface area contributed by atoms with Crippen molar-refractivity contribution < 1.29 is 16.5 Å². The second-order valence-electron chi connectivity index (χ2n) is 9.46. The Hall–Kier alpha value is -0.906. The third-order valence-electron chi connectivity index (χ3n) is 5.40. The van der Waals surface area contributed by atoms with Crippen molar-refractivity contribution in [2.24, 2.45) is 0 Å². The average Bonchev–Trinajstić information content (AvgIpc) is 2.92. The minimum atomic E-state index is -0.212. The maximum atomic E-state index is 2.31. The molecule has 0 saturated heterocycles. The first-order valence-corrected chi connectivity index (χ1v) is 22.6. The predicted octanol–water partition coefficient (Wildman–Crippen LogP) is 7.14. The largest absolute Gasteiger partial charge is 0.0908 e. The van der Waals surface area contributed by atoms with Crippen LogP contribution in [0.4, 0.5) is 0 Å². The summed E-state index contributed by atoms with van der Waals surface area (Å²) >= 11 is 0. The fourth-order valence-electron chi connectivity index (χ4n) is 3.09. The molecule has 0 unspecified atom stereocenters. The van der Waals surface area contributed by atoms with Crippen molar-refractivity contribution in [1.29, 1.82) is 0 Å². The summed E-state index contributed by atoms with van der Waals surface area (Å²) in [4.78, 5) is 0. The second kappa shape index (κ2) is 22.0. The maximum absolute atomic E-state index is 2.31. The van der Waals surface area contributed by atoms with Crippen LogP contribution in [0.1, 0.15) is 0 Å². The van der Waals surface area contributed by atoms with E-state index in [1.54, 1.807) is 0 Å². The molecule has 0 bridgehead atoms. The molecule has 0 aromatic heterocycles. The van der Waals surface area contributed by atoms with Crippen molar-refractivity contribution in [2.45, 2.75) is 0 Å². The molecule has 0 saturated carbocycles. The molecule has 0 atom stereocenters. The molecule has 202 valence electrons. The van der Waals surface area contributed by atoms with Crippen LogP contribution in [0, 0.1) is 0 Å². The summed E-state index contributed by atoms with van der Waals surface area (Å²) in [7, 11) is -0.849. The fraction of sp³-hybridized carbons (Fsp3) is 0.250. The van der Waals surface area contributed by atoms with E-state index < -0.39 is 0 Å². The van der Waals surface area contributed by atoms with E-state index in [1.807, 2.05) is 0 Å². The van der Waals surface area contributed by atoms with Gasteiger partial charge in [-0.25, -0.2) is 0 Å². The van der Waals surface area contributed by atoms with E-state index in [4.69, 9.17) is 0 Å². The van der Waals surface area contributed by atoms with E-state index in [9.17, 15) is 0 Å². The van der Waals surface area contributed by atoms with E-state index in [-0.39, 0.29) is 48.2 Å². The molecule has 4 aromatic carbocycles. The minimum Gasteiger partial charge on any atom is -0.0620 e. The average molecular weight is 615 g/mol. The van der Waals surface area contributed by atoms with Crippen molar-refractivity contribution in [3.63, 3.8) is 0 Å². The van der Waals surface area contributed by atoms with Crippen LogP contribution in [-0.2, 0) is 16.5 Å². The fourth-order valence-corrected chi connectivity index (χ4v) is 6.52. The molecular formula is C32H48NiP4+4. The molecule has 0 fully saturated rings. The van der Waals surface area contributed by atoms with E-state index in [0.29, 0.717) is 0 Å². The zero-order valence-electron chi connectivity index (χ0n) is 23.9. The summed E-state index contributed by atoms with van der Waals surface area (Å²) in [5.74, 6) is 0. The molecule has 0 N–H and O–H groups in total. The van der Waals surface area contributed by atoms with Gasteiger partial charge >= 0.3 is 0 Å². The molecule has 0 aliphatic carbocycles. The molecule has 0 aliphatic heterocycles.